The summed E-state index contributed by atoms with van der Waals surface area (Å²) in [6.07, 6.45) is 0.886. The van der Waals surface area contributed by atoms with Crippen molar-refractivity contribution >= 4 is 26.8 Å². The Hall–Kier alpha value is -2.01. The molecular weight excluding hydrogens is 339 g/mol. The van der Waals surface area contributed by atoms with Gasteiger partial charge in [-0.15, -0.1) is 0 Å². The summed E-state index contributed by atoms with van der Waals surface area (Å²) in [6.45, 7) is 2.33. The van der Waals surface area contributed by atoms with Gasteiger partial charge in [0.05, 0.1) is 18.7 Å². The van der Waals surface area contributed by atoms with Crippen LogP contribution in [-0.4, -0.2) is 49.9 Å². The van der Waals surface area contributed by atoms with E-state index < -0.39 is 15.6 Å². The lowest BCUT2D eigenvalue weighted by Gasteiger charge is -2.28. The molecule has 0 spiro atoms. The number of benzene rings is 1. The largest absolute Gasteiger partial charge is 0.536 e. The molecule has 0 aliphatic carbocycles. The molecule has 0 N–H and O–H groups in total. The molecule has 1 aliphatic rings. The van der Waals surface area contributed by atoms with Gasteiger partial charge in [-0.3, -0.25) is 4.28 Å². The molecule has 23 heavy (non-hydrogen) atoms. The van der Waals surface area contributed by atoms with E-state index in [2.05, 4.69) is 9.27 Å². The predicted octanol–water partition coefficient (Wildman–Crippen LogP) is 1.15. The van der Waals surface area contributed by atoms with Crippen molar-refractivity contribution in [3.05, 3.63) is 24.5 Å². The fourth-order valence-electron chi connectivity index (χ4n) is 2.20. The van der Waals surface area contributed by atoms with Crippen LogP contribution in [0.1, 0.15) is 0 Å². The molecule has 0 bridgehead atoms. The van der Waals surface area contributed by atoms with Crippen molar-refractivity contribution in [2.75, 3.05) is 31.2 Å². The molecule has 126 valence electrons. The van der Waals surface area contributed by atoms with Crippen LogP contribution in [0, 0.1) is 0 Å². The molecule has 0 atom stereocenters. The molecule has 0 unspecified atom stereocenters. The first-order valence-electron chi connectivity index (χ1n) is 6.59. The number of aromatic nitrogens is 2. The monoisotopic (exact) mass is 351 g/mol. The highest BCUT2D eigenvalue weighted by Gasteiger charge is 2.49. The van der Waals surface area contributed by atoms with Crippen molar-refractivity contribution in [2.24, 2.45) is 0 Å². The molecule has 7 nitrogen and oxygen atoms in total. The van der Waals surface area contributed by atoms with Crippen molar-refractivity contribution in [1.82, 2.24) is 9.71 Å². The number of imidazole rings is 1. The highest BCUT2D eigenvalue weighted by atomic mass is 32.2. The minimum absolute atomic E-state index is 0.127. The number of anilines is 1. The minimum Gasteiger partial charge on any atom is -0.378 e. The van der Waals surface area contributed by atoms with E-state index >= 15 is 0 Å². The van der Waals surface area contributed by atoms with Gasteiger partial charge >= 0.3 is 15.6 Å². The average Bonchev–Trinajstić information content (AvgIpc) is 2.89. The summed E-state index contributed by atoms with van der Waals surface area (Å²) in [4.78, 5) is 5.80. The number of halogens is 3. The second-order valence-corrected chi connectivity index (χ2v) is 6.34. The summed E-state index contributed by atoms with van der Waals surface area (Å²) < 4.78 is 69.4. The Morgan fingerprint density at radius 3 is 2.57 bits per heavy atom. The van der Waals surface area contributed by atoms with Gasteiger partial charge in [0.15, 0.2) is 0 Å². The van der Waals surface area contributed by atoms with Crippen LogP contribution in [-0.2, 0) is 14.9 Å². The third-order valence-corrected chi connectivity index (χ3v) is 4.26. The Balaban J connectivity index is 1.95. The summed E-state index contributed by atoms with van der Waals surface area (Å²) in [5.74, 6) is 0. The lowest BCUT2D eigenvalue weighted by molar-refractivity contribution is -0.0543. The molecule has 3 rings (SSSR count). The predicted molar refractivity (Wildman–Crippen MR) is 74.3 cm³/mol. The van der Waals surface area contributed by atoms with Gasteiger partial charge in [-0.05, 0) is 18.2 Å². The van der Waals surface area contributed by atoms with Gasteiger partial charge in [-0.2, -0.15) is 26.3 Å². The van der Waals surface area contributed by atoms with Gasteiger partial charge in [-0.1, -0.05) is 0 Å². The molecular formula is C12H12F3N3O4S. The van der Waals surface area contributed by atoms with Gasteiger partial charge in [0.2, 0.25) is 0 Å². The van der Waals surface area contributed by atoms with Crippen LogP contribution < -0.4 is 9.18 Å². The van der Waals surface area contributed by atoms with E-state index in [0.29, 0.717) is 36.6 Å². The van der Waals surface area contributed by atoms with E-state index in [0.717, 1.165) is 12.0 Å². The number of fused-ring (bicyclic) bond motifs is 1. The van der Waals surface area contributed by atoms with E-state index in [1.165, 1.54) is 6.07 Å². The zero-order valence-electron chi connectivity index (χ0n) is 11.7. The molecule has 0 radical (unpaired) electrons. The summed E-state index contributed by atoms with van der Waals surface area (Å²) in [5.41, 5.74) is -4.34. The van der Waals surface area contributed by atoms with Crippen molar-refractivity contribution in [3.8, 4) is 0 Å². The summed E-state index contributed by atoms with van der Waals surface area (Å²) in [5, 5.41) is 0. The highest BCUT2D eigenvalue weighted by Crippen LogP contribution is 2.25. The van der Waals surface area contributed by atoms with Crippen molar-refractivity contribution in [3.63, 3.8) is 0 Å². The summed E-state index contributed by atoms with van der Waals surface area (Å²) >= 11 is 0. The number of alkyl halides is 3. The number of rotatable bonds is 3. The molecule has 2 aromatic rings. The number of ether oxygens (including phenoxy) is 1. The summed E-state index contributed by atoms with van der Waals surface area (Å²) in [7, 11) is -5.76. The van der Waals surface area contributed by atoms with Crippen molar-refractivity contribution in [1.29, 1.82) is 0 Å². The lowest BCUT2D eigenvalue weighted by Crippen LogP contribution is -2.36. The zero-order valence-corrected chi connectivity index (χ0v) is 12.5. The van der Waals surface area contributed by atoms with Crippen molar-refractivity contribution < 1.29 is 30.6 Å². The molecule has 1 saturated heterocycles. The maximum atomic E-state index is 12.4. The van der Waals surface area contributed by atoms with Crippen LogP contribution in [0.3, 0.4) is 0 Å². The van der Waals surface area contributed by atoms with Crippen LogP contribution in [0.4, 0.5) is 18.9 Å². The van der Waals surface area contributed by atoms with Crippen molar-refractivity contribution in [2.45, 2.75) is 5.51 Å². The van der Waals surface area contributed by atoms with Crippen LogP contribution in [0.15, 0.2) is 24.5 Å². The number of nitrogens with zero attached hydrogens (tertiary/aromatic N) is 3. The van der Waals surface area contributed by atoms with E-state index in [9.17, 15) is 21.6 Å². The smallest absolute Gasteiger partial charge is 0.378 e. The highest BCUT2D eigenvalue weighted by molar-refractivity contribution is 7.87. The second kappa shape index (κ2) is 5.57. The van der Waals surface area contributed by atoms with Crippen LogP contribution >= 0.6 is 0 Å². The molecule has 11 heteroatoms. The first-order chi connectivity index (χ1) is 10.8. The Bertz CT molecular complexity index is 813. The lowest BCUT2D eigenvalue weighted by atomic mass is 10.2. The first-order valence-corrected chi connectivity index (χ1v) is 8.00. The third kappa shape index (κ3) is 3.06. The molecule has 1 aromatic carbocycles. The Labute approximate surface area is 129 Å². The second-order valence-electron chi connectivity index (χ2n) is 4.82. The molecule has 1 aliphatic heterocycles. The molecule has 2 heterocycles. The third-order valence-electron chi connectivity index (χ3n) is 3.34. The average molecular weight is 351 g/mol. The fraction of sp³-hybridized carbons (Fsp3) is 0.417. The zero-order chi connectivity index (χ0) is 16.7. The topological polar surface area (TPSA) is 73.7 Å². The molecule has 0 saturated carbocycles. The molecule has 1 fully saturated rings. The van der Waals surface area contributed by atoms with Crippen LogP contribution in [0.25, 0.3) is 11.0 Å². The van der Waals surface area contributed by atoms with Crippen LogP contribution in [0.5, 0.6) is 0 Å². The van der Waals surface area contributed by atoms with Gasteiger partial charge in [0.25, 0.3) is 0 Å². The number of hydrogen-bond donors (Lipinski definition) is 0. The van der Waals surface area contributed by atoms with E-state index in [4.69, 9.17) is 4.74 Å². The SMILES string of the molecule is O=S(=O)(On1cnc2ccc(N3CCOCC3)cc21)C(F)(F)F. The number of morpholine rings is 1. The van der Waals surface area contributed by atoms with Gasteiger partial charge in [-0.25, -0.2) is 4.98 Å². The Kier molecular flexibility index (Phi) is 3.84. The number of hydrogen-bond acceptors (Lipinski definition) is 6. The standard InChI is InChI=1S/C12H12F3N3O4S/c13-12(14,15)23(19,20)22-18-8-16-10-2-1-9(7-11(10)18)17-3-5-21-6-4-17/h1-2,7-8H,3-6H2. The first kappa shape index (κ1) is 15.9. The van der Waals surface area contributed by atoms with E-state index in [1.54, 1.807) is 12.1 Å². The van der Waals surface area contributed by atoms with Gasteiger partial charge in [0, 0.05) is 18.8 Å². The minimum atomic E-state index is -5.76. The normalized spacial score (nSPS) is 16.7. The Morgan fingerprint density at radius 2 is 1.91 bits per heavy atom. The van der Waals surface area contributed by atoms with Crippen LogP contribution in [0.2, 0.25) is 0 Å². The van der Waals surface area contributed by atoms with Gasteiger partial charge in [0.1, 0.15) is 11.8 Å². The van der Waals surface area contributed by atoms with E-state index in [-0.39, 0.29) is 5.52 Å². The summed E-state index contributed by atoms with van der Waals surface area (Å²) in [6, 6.07) is 4.86. The fourth-order valence-corrected chi connectivity index (χ4v) is 2.61. The van der Waals surface area contributed by atoms with Gasteiger partial charge < -0.3 is 9.64 Å². The molecule has 1 aromatic heterocycles. The molecule has 0 amide bonds. The Morgan fingerprint density at radius 1 is 1.22 bits per heavy atom. The maximum Gasteiger partial charge on any atom is 0.536 e. The van der Waals surface area contributed by atoms with E-state index in [1.807, 2.05) is 4.90 Å². The quantitative estimate of drug-likeness (QED) is 0.773. The maximum absolute atomic E-state index is 12.4.